The van der Waals surface area contributed by atoms with Crippen LogP contribution in [0.15, 0.2) is 11.8 Å². The van der Waals surface area contributed by atoms with Gasteiger partial charge >= 0.3 is 0 Å². The molecule has 0 saturated carbocycles. The fourth-order valence-corrected chi connectivity index (χ4v) is 2.01. The second-order valence-corrected chi connectivity index (χ2v) is 3.79. The second-order valence-electron chi connectivity index (χ2n) is 3.79. The van der Waals surface area contributed by atoms with E-state index in [-0.39, 0.29) is 12.1 Å². The van der Waals surface area contributed by atoms with Gasteiger partial charge in [0, 0.05) is 13.0 Å². The molecule has 15 heavy (non-hydrogen) atoms. The molecule has 0 saturated heterocycles. The number of nitrogens with one attached hydrogen (secondary N) is 1. The summed E-state index contributed by atoms with van der Waals surface area (Å²) < 4.78 is 11.4. The van der Waals surface area contributed by atoms with Gasteiger partial charge in [-0.1, -0.05) is 13.3 Å². The fraction of sp³-hybridized carbons (Fsp3) is 0.833. The van der Waals surface area contributed by atoms with Crippen LogP contribution in [0, 0.1) is 0 Å². The Kier molecular flexibility index (Phi) is 5.73. The standard InChI is InChI=1S/C12H23NO2/c1-4-7-10(14-5-2)12(13-3)11-8-6-9-15-11/h8,10,12-13H,4-7,9H2,1-3H3. The van der Waals surface area contributed by atoms with Crippen LogP contribution < -0.4 is 5.32 Å². The first-order valence-electron chi connectivity index (χ1n) is 5.95. The number of hydrogen-bond donors (Lipinski definition) is 1. The lowest BCUT2D eigenvalue weighted by Crippen LogP contribution is -2.41. The van der Waals surface area contributed by atoms with Gasteiger partial charge in [-0.2, -0.15) is 0 Å². The molecule has 0 aromatic carbocycles. The predicted molar refractivity (Wildman–Crippen MR) is 61.8 cm³/mol. The molecule has 0 aromatic rings. The zero-order valence-electron chi connectivity index (χ0n) is 10.1. The summed E-state index contributed by atoms with van der Waals surface area (Å²) in [5.74, 6) is 1.06. The van der Waals surface area contributed by atoms with Crippen molar-refractivity contribution < 1.29 is 9.47 Å². The Labute approximate surface area is 92.8 Å². The zero-order valence-corrected chi connectivity index (χ0v) is 10.1. The van der Waals surface area contributed by atoms with Crippen LogP contribution in [-0.4, -0.2) is 32.4 Å². The van der Waals surface area contributed by atoms with Gasteiger partial charge < -0.3 is 14.8 Å². The van der Waals surface area contributed by atoms with Gasteiger partial charge in [-0.15, -0.1) is 0 Å². The van der Waals surface area contributed by atoms with E-state index in [1.54, 1.807) is 0 Å². The zero-order chi connectivity index (χ0) is 11.1. The van der Waals surface area contributed by atoms with Crippen LogP contribution in [0.25, 0.3) is 0 Å². The van der Waals surface area contributed by atoms with Crippen molar-refractivity contribution in [3.05, 3.63) is 11.8 Å². The first-order valence-corrected chi connectivity index (χ1v) is 5.95. The van der Waals surface area contributed by atoms with Crippen LogP contribution in [0.3, 0.4) is 0 Å². The highest BCUT2D eigenvalue weighted by atomic mass is 16.5. The van der Waals surface area contributed by atoms with Gasteiger partial charge in [0.25, 0.3) is 0 Å². The fourth-order valence-electron chi connectivity index (χ4n) is 2.01. The van der Waals surface area contributed by atoms with E-state index in [1.807, 2.05) is 14.0 Å². The molecule has 0 spiro atoms. The molecule has 2 atom stereocenters. The van der Waals surface area contributed by atoms with Crippen molar-refractivity contribution in [2.24, 2.45) is 0 Å². The molecule has 0 radical (unpaired) electrons. The van der Waals surface area contributed by atoms with Crippen LogP contribution in [0.5, 0.6) is 0 Å². The topological polar surface area (TPSA) is 30.5 Å². The summed E-state index contributed by atoms with van der Waals surface area (Å²) in [4.78, 5) is 0. The van der Waals surface area contributed by atoms with Crippen LogP contribution in [0.1, 0.15) is 33.1 Å². The maximum absolute atomic E-state index is 5.76. The summed E-state index contributed by atoms with van der Waals surface area (Å²) in [5, 5.41) is 3.30. The maximum atomic E-state index is 5.76. The van der Waals surface area contributed by atoms with Crippen molar-refractivity contribution in [2.75, 3.05) is 20.3 Å². The third-order valence-corrected chi connectivity index (χ3v) is 2.68. The highest BCUT2D eigenvalue weighted by Gasteiger charge is 2.26. The van der Waals surface area contributed by atoms with E-state index in [0.717, 1.165) is 38.2 Å². The van der Waals surface area contributed by atoms with E-state index in [2.05, 4.69) is 18.3 Å². The Morgan fingerprint density at radius 2 is 2.33 bits per heavy atom. The molecule has 1 aliphatic heterocycles. The molecule has 1 N–H and O–H groups in total. The van der Waals surface area contributed by atoms with E-state index in [9.17, 15) is 0 Å². The molecule has 0 aliphatic carbocycles. The van der Waals surface area contributed by atoms with Crippen molar-refractivity contribution in [3.63, 3.8) is 0 Å². The average Bonchev–Trinajstić information content (AvgIpc) is 2.73. The minimum Gasteiger partial charge on any atom is -0.496 e. The summed E-state index contributed by atoms with van der Waals surface area (Å²) in [7, 11) is 1.97. The minimum atomic E-state index is 0.215. The van der Waals surface area contributed by atoms with Gasteiger partial charge in [0.05, 0.1) is 18.8 Å². The molecule has 88 valence electrons. The second kappa shape index (κ2) is 6.85. The Balaban J connectivity index is 2.59. The number of hydrogen-bond acceptors (Lipinski definition) is 3. The molecule has 0 fully saturated rings. The van der Waals surface area contributed by atoms with Crippen molar-refractivity contribution in [1.29, 1.82) is 0 Å². The third-order valence-electron chi connectivity index (χ3n) is 2.68. The lowest BCUT2D eigenvalue weighted by molar-refractivity contribution is 0.0246. The van der Waals surface area contributed by atoms with E-state index in [0.29, 0.717) is 0 Å². The lowest BCUT2D eigenvalue weighted by atomic mass is 10.0. The predicted octanol–water partition coefficient (Wildman–Crippen LogP) is 2.08. The highest BCUT2D eigenvalue weighted by Crippen LogP contribution is 2.20. The minimum absolute atomic E-state index is 0.215. The Bertz CT molecular complexity index is 198. The normalized spacial score (nSPS) is 19.5. The number of ether oxygens (including phenoxy) is 2. The van der Waals surface area contributed by atoms with E-state index < -0.39 is 0 Å². The first kappa shape index (κ1) is 12.5. The molecule has 3 heteroatoms. The first-order chi connectivity index (χ1) is 7.33. The average molecular weight is 213 g/mol. The maximum Gasteiger partial charge on any atom is 0.112 e. The molecule has 0 bridgehead atoms. The molecule has 3 nitrogen and oxygen atoms in total. The Morgan fingerprint density at radius 1 is 1.53 bits per heavy atom. The molecule has 1 rings (SSSR count). The van der Waals surface area contributed by atoms with Gasteiger partial charge in [0.1, 0.15) is 5.76 Å². The van der Waals surface area contributed by atoms with Crippen LogP contribution in [-0.2, 0) is 9.47 Å². The summed E-state index contributed by atoms with van der Waals surface area (Å²) in [6.07, 6.45) is 5.63. The lowest BCUT2D eigenvalue weighted by Gasteiger charge is -2.27. The van der Waals surface area contributed by atoms with Crippen LogP contribution in [0.2, 0.25) is 0 Å². The molecular weight excluding hydrogens is 190 g/mol. The van der Waals surface area contributed by atoms with Crippen LogP contribution >= 0.6 is 0 Å². The van der Waals surface area contributed by atoms with Crippen molar-refractivity contribution in [1.82, 2.24) is 5.32 Å². The smallest absolute Gasteiger partial charge is 0.112 e. The molecule has 1 heterocycles. The molecule has 2 unspecified atom stereocenters. The molecule has 0 aromatic heterocycles. The highest BCUT2D eigenvalue weighted by molar-refractivity contribution is 5.09. The Hall–Kier alpha value is -0.540. The SMILES string of the molecule is CCCC(OCC)C(NC)C1=CCCO1. The Morgan fingerprint density at radius 3 is 2.80 bits per heavy atom. The number of likely N-dealkylation sites (N-methyl/N-ethyl adjacent to an activating group) is 1. The van der Waals surface area contributed by atoms with Gasteiger partial charge in [-0.3, -0.25) is 0 Å². The summed E-state index contributed by atoms with van der Waals surface area (Å²) in [6.45, 7) is 5.80. The monoisotopic (exact) mass is 213 g/mol. The summed E-state index contributed by atoms with van der Waals surface area (Å²) >= 11 is 0. The molecular formula is C12H23NO2. The van der Waals surface area contributed by atoms with Gasteiger partial charge in [0.15, 0.2) is 0 Å². The quantitative estimate of drug-likeness (QED) is 0.702. The van der Waals surface area contributed by atoms with Gasteiger partial charge in [-0.25, -0.2) is 0 Å². The van der Waals surface area contributed by atoms with Crippen LogP contribution in [0.4, 0.5) is 0 Å². The number of rotatable bonds is 7. The molecule has 1 aliphatic rings. The van der Waals surface area contributed by atoms with E-state index >= 15 is 0 Å². The van der Waals surface area contributed by atoms with Gasteiger partial charge in [0.2, 0.25) is 0 Å². The van der Waals surface area contributed by atoms with Gasteiger partial charge in [-0.05, 0) is 26.5 Å². The molecule has 0 amide bonds. The summed E-state index contributed by atoms with van der Waals surface area (Å²) in [6, 6.07) is 0.215. The largest absolute Gasteiger partial charge is 0.496 e. The van der Waals surface area contributed by atoms with E-state index in [4.69, 9.17) is 9.47 Å². The van der Waals surface area contributed by atoms with Crippen molar-refractivity contribution in [3.8, 4) is 0 Å². The van der Waals surface area contributed by atoms with Crippen molar-refractivity contribution in [2.45, 2.75) is 45.3 Å². The summed E-state index contributed by atoms with van der Waals surface area (Å²) in [5.41, 5.74) is 0. The van der Waals surface area contributed by atoms with Crippen molar-refractivity contribution >= 4 is 0 Å². The third kappa shape index (κ3) is 3.50. The van der Waals surface area contributed by atoms with E-state index in [1.165, 1.54) is 0 Å².